The number of carbonyl (C=O) groups excluding carboxylic acids is 2. The van der Waals surface area contributed by atoms with E-state index in [0.717, 1.165) is 5.56 Å². The Kier molecular flexibility index (Phi) is 5.60. The smallest absolute Gasteiger partial charge is 0.260 e. The van der Waals surface area contributed by atoms with Crippen molar-refractivity contribution in [1.29, 1.82) is 0 Å². The van der Waals surface area contributed by atoms with Gasteiger partial charge in [0.25, 0.3) is 5.91 Å². The van der Waals surface area contributed by atoms with Crippen LogP contribution in [-0.2, 0) is 11.3 Å². The highest BCUT2D eigenvalue weighted by molar-refractivity contribution is 6.30. The Morgan fingerprint density at radius 1 is 1.09 bits per heavy atom. The van der Waals surface area contributed by atoms with Gasteiger partial charge in [0.2, 0.25) is 5.91 Å². The van der Waals surface area contributed by atoms with E-state index in [1.807, 2.05) is 0 Å². The van der Waals surface area contributed by atoms with Gasteiger partial charge in [-0.2, -0.15) is 0 Å². The Morgan fingerprint density at radius 2 is 1.70 bits per heavy atom. The number of halogens is 1. The molecule has 0 radical (unpaired) electrons. The number of amides is 2. The molecule has 0 spiro atoms. The first-order valence-corrected chi connectivity index (χ1v) is 7.34. The summed E-state index contributed by atoms with van der Waals surface area (Å²) in [5.74, 6) is -0.0433. The van der Waals surface area contributed by atoms with Crippen molar-refractivity contribution in [2.75, 3.05) is 13.7 Å². The van der Waals surface area contributed by atoms with Crippen molar-refractivity contribution in [3.63, 3.8) is 0 Å². The van der Waals surface area contributed by atoms with E-state index in [2.05, 4.69) is 0 Å². The average molecular weight is 333 g/mol. The molecule has 0 atom stereocenters. The van der Waals surface area contributed by atoms with Crippen LogP contribution in [0.15, 0.2) is 48.5 Å². The Morgan fingerprint density at radius 3 is 2.26 bits per heavy atom. The zero-order chi connectivity index (χ0) is 16.8. The fourth-order valence-corrected chi connectivity index (χ4v) is 2.05. The number of ether oxygens (including phenoxy) is 1. The minimum atomic E-state index is -0.475. The predicted molar refractivity (Wildman–Crippen MR) is 88.4 cm³/mol. The van der Waals surface area contributed by atoms with Crippen LogP contribution in [0.3, 0.4) is 0 Å². The van der Waals surface area contributed by atoms with Gasteiger partial charge in [-0.1, -0.05) is 23.7 Å². The van der Waals surface area contributed by atoms with E-state index in [0.29, 0.717) is 22.9 Å². The molecule has 2 rings (SSSR count). The summed E-state index contributed by atoms with van der Waals surface area (Å²) in [7, 11) is 1.69. The maximum atomic E-state index is 12.1. The van der Waals surface area contributed by atoms with Crippen molar-refractivity contribution in [3.8, 4) is 5.75 Å². The van der Waals surface area contributed by atoms with Crippen molar-refractivity contribution in [1.82, 2.24) is 4.90 Å². The number of primary amides is 1. The normalized spacial score (nSPS) is 10.2. The molecule has 5 nitrogen and oxygen atoms in total. The molecule has 0 heterocycles. The van der Waals surface area contributed by atoms with Gasteiger partial charge in [0.15, 0.2) is 6.61 Å². The summed E-state index contributed by atoms with van der Waals surface area (Å²) in [6.07, 6.45) is 0. The Bertz CT molecular complexity index is 684. The minimum Gasteiger partial charge on any atom is -0.484 e. The van der Waals surface area contributed by atoms with Crippen molar-refractivity contribution >= 4 is 23.4 Å². The molecule has 23 heavy (non-hydrogen) atoms. The van der Waals surface area contributed by atoms with E-state index in [-0.39, 0.29) is 12.5 Å². The summed E-state index contributed by atoms with van der Waals surface area (Å²) in [4.78, 5) is 24.6. The molecule has 0 fully saturated rings. The third-order valence-electron chi connectivity index (χ3n) is 3.26. The van der Waals surface area contributed by atoms with Crippen molar-refractivity contribution in [2.45, 2.75) is 6.54 Å². The average Bonchev–Trinajstić information content (AvgIpc) is 2.54. The lowest BCUT2D eigenvalue weighted by molar-refractivity contribution is -0.132. The molecule has 0 saturated carbocycles. The van der Waals surface area contributed by atoms with Crippen LogP contribution in [0.4, 0.5) is 0 Å². The largest absolute Gasteiger partial charge is 0.484 e. The molecule has 2 aromatic carbocycles. The highest BCUT2D eigenvalue weighted by Gasteiger charge is 2.10. The molecule has 2 aromatic rings. The molecule has 2 N–H and O–H groups in total. The maximum Gasteiger partial charge on any atom is 0.260 e. The number of rotatable bonds is 6. The van der Waals surface area contributed by atoms with E-state index in [4.69, 9.17) is 22.1 Å². The molecule has 2 amide bonds. The highest BCUT2D eigenvalue weighted by atomic mass is 35.5. The zero-order valence-electron chi connectivity index (χ0n) is 12.7. The van der Waals surface area contributed by atoms with Crippen LogP contribution in [0.2, 0.25) is 5.02 Å². The minimum absolute atomic E-state index is 0.0580. The molecule has 0 aliphatic rings. The molecule has 120 valence electrons. The number of carbonyl (C=O) groups is 2. The number of nitrogens with two attached hydrogens (primary N) is 1. The van der Waals surface area contributed by atoms with Gasteiger partial charge in [-0.05, 0) is 42.0 Å². The number of hydrogen-bond acceptors (Lipinski definition) is 3. The van der Waals surface area contributed by atoms with Gasteiger partial charge in [0.05, 0.1) is 0 Å². The fraction of sp³-hybridized carbons (Fsp3) is 0.176. The lowest BCUT2D eigenvalue weighted by atomic mass is 10.1. The van der Waals surface area contributed by atoms with Gasteiger partial charge in [0, 0.05) is 24.2 Å². The molecule has 0 saturated heterocycles. The van der Waals surface area contributed by atoms with Gasteiger partial charge in [-0.15, -0.1) is 0 Å². The SMILES string of the molecule is CN(Cc1ccc(C(N)=O)cc1)C(=O)COc1ccc(Cl)cc1. The maximum absolute atomic E-state index is 12.1. The molecular weight excluding hydrogens is 316 g/mol. The lowest BCUT2D eigenvalue weighted by Gasteiger charge is -2.17. The van der Waals surface area contributed by atoms with E-state index in [1.165, 1.54) is 0 Å². The van der Waals surface area contributed by atoms with Gasteiger partial charge < -0.3 is 15.4 Å². The Balaban J connectivity index is 1.86. The number of likely N-dealkylation sites (N-methyl/N-ethyl adjacent to an activating group) is 1. The van der Waals surface area contributed by atoms with Gasteiger partial charge in [-0.25, -0.2) is 0 Å². The first kappa shape index (κ1) is 16.8. The van der Waals surface area contributed by atoms with Crippen molar-refractivity contribution in [2.24, 2.45) is 5.73 Å². The van der Waals surface area contributed by atoms with Gasteiger partial charge in [-0.3, -0.25) is 9.59 Å². The standard InChI is InChI=1S/C17H17ClN2O3/c1-20(10-12-2-4-13(5-3-12)17(19)22)16(21)11-23-15-8-6-14(18)7-9-15/h2-9H,10-11H2,1H3,(H2,19,22). The summed E-state index contributed by atoms with van der Waals surface area (Å²) >= 11 is 5.79. The van der Waals surface area contributed by atoms with Crippen molar-refractivity contribution in [3.05, 3.63) is 64.7 Å². The first-order chi connectivity index (χ1) is 11.0. The van der Waals surface area contributed by atoms with Gasteiger partial charge in [0.1, 0.15) is 5.75 Å². The Labute approximate surface area is 139 Å². The summed E-state index contributed by atoms with van der Waals surface area (Å²) in [5.41, 5.74) is 6.53. The monoisotopic (exact) mass is 332 g/mol. The summed E-state index contributed by atoms with van der Waals surface area (Å²) in [5, 5.41) is 0.611. The van der Waals surface area contributed by atoms with E-state index in [9.17, 15) is 9.59 Å². The highest BCUT2D eigenvalue weighted by Crippen LogP contribution is 2.15. The number of nitrogens with zero attached hydrogens (tertiary/aromatic N) is 1. The number of hydrogen-bond donors (Lipinski definition) is 1. The second kappa shape index (κ2) is 7.65. The van der Waals surface area contributed by atoms with Gasteiger partial charge >= 0.3 is 0 Å². The Hall–Kier alpha value is -2.53. The molecule has 0 unspecified atom stereocenters. The molecule has 0 bridgehead atoms. The van der Waals surface area contributed by atoms with Crippen LogP contribution >= 0.6 is 11.6 Å². The van der Waals surface area contributed by atoms with Crippen LogP contribution in [-0.4, -0.2) is 30.4 Å². The van der Waals surface area contributed by atoms with E-state index < -0.39 is 5.91 Å². The molecule has 0 aliphatic carbocycles. The second-order valence-electron chi connectivity index (χ2n) is 5.05. The third-order valence-corrected chi connectivity index (χ3v) is 3.51. The van der Waals surface area contributed by atoms with E-state index in [1.54, 1.807) is 60.5 Å². The topological polar surface area (TPSA) is 72.6 Å². The molecule has 0 aromatic heterocycles. The molecular formula is C17H17ClN2O3. The van der Waals surface area contributed by atoms with Crippen LogP contribution < -0.4 is 10.5 Å². The summed E-state index contributed by atoms with van der Waals surface area (Å²) in [6.45, 7) is 0.360. The molecule has 0 aliphatic heterocycles. The predicted octanol–water partition coefficient (Wildman–Crippen LogP) is 2.48. The van der Waals surface area contributed by atoms with Crippen LogP contribution in [0, 0.1) is 0 Å². The fourth-order valence-electron chi connectivity index (χ4n) is 1.92. The zero-order valence-corrected chi connectivity index (χ0v) is 13.4. The van der Waals surface area contributed by atoms with Crippen LogP contribution in [0.25, 0.3) is 0 Å². The second-order valence-corrected chi connectivity index (χ2v) is 5.49. The molecule has 6 heteroatoms. The summed E-state index contributed by atoms with van der Waals surface area (Å²) in [6, 6.07) is 13.6. The summed E-state index contributed by atoms with van der Waals surface area (Å²) < 4.78 is 5.42. The third kappa shape index (κ3) is 5.00. The quantitative estimate of drug-likeness (QED) is 0.883. The van der Waals surface area contributed by atoms with Crippen LogP contribution in [0.5, 0.6) is 5.75 Å². The lowest BCUT2D eigenvalue weighted by Crippen LogP contribution is -2.31. The number of benzene rings is 2. The van der Waals surface area contributed by atoms with Crippen molar-refractivity contribution < 1.29 is 14.3 Å². The van der Waals surface area contributed by atoms with E-state index >= 15 is 0 Å². The van der Waals surface area contributed by atoms with Crippen LogP contribution in [0.1, 0.15) is 15.9 Å². The first-order valence-electron chi connectivity index (χ1n) is 6.97.